The average Bonchev–Trinajstić information content (AvgIpc) is 2.82. The van der Waals surface area contributed by atoms with Crippen LogP contribution in [0.2, 0.25) is 0 Å². The molecule has 0 atom stereocenters. The smallest absolute Gasteiger partial charge is 0.224 e. The first-order valence-corrected chi connectivity index (χ1v) is 8.02. The van der Waals surface area contributed by atoms with Crippen LogP contribution in [0.3, 0.4) is 0 Å². The Balaban J connectivity index is 1.90. The van der Waals surface area contributed by atoms with Gasteiger partial charge in [0, 0.05) is 18.0 Å². The molecule has 8 nitrogen and oxygen atoms in total. The first-order chi connectivity index (χ1) is 11.0. The van der Waals surface area contributed by atoms with Gasteiger partial charge in [0.1, 0.15) is 5.52 Å². The number of hydrogen-bond donors (Lipinski definition) is 3. The van der Waals surface area contributed by atoms with Crippen molar-refractivity contribution in [3.05, 3.63) is 6.20 Å². The Hall–Kier alpha value is -2.38. The number of primary amides is 1. The average molecular weight is 317 g/mol. The number of carbonyl (C=O) groups excluding carboxylic acids is 1. The molecule has 0 aromatic carbocycles. The van der Waals surface area contributed by atoms with E-state index >= 15 is 0 Å². The summed E-state index contributed by atoms with van der Waals surface area (Å²) >= 11 is 0. The lowest BCUT2D eigenvalue weighted by molar-refractivity contribution is -0.122. The third kappa shape index (κ3) is 3.06. The first kappa shape index (κ1) is 15.5. The van der Waals surface area contributed by atoms with Gasteiger partial charge in [0.05, 0.1) is 6.20 Å². The molecule has 124 valence electrons. The maximum atomic E-state index is 11.3. The van der Waals surface area contributed by atoms with Gasteiger partial charge in [-0.3, -0.25) is 9.36 Å². The second-order valence-electron chi connectivity index (χ2n) is 6.45. The van der Waals surface area contributed by atoms with E-state index in [-0.39, 0.29) is 23.9 Å². The molecule has 0 bridgehead atoms. The van der Waals surface area contributed by atoms with Crippen LogP contribution in [0.5, 0.6) is 0 Å². The summed E-state index contributed by atoms with van der Waals surface area (Å²) in [5, 5.41) is 3.19. The number of aromatic nitrogens is 4. The molecule has 23 heavy (non-hydrogen) atoms. The van der Waals surface area contributed by atoms with Crippen LogP contribution in [-0.4, -0.2) is 31.5 Å². The Kier molecular flexibility index (Phi) is 4.06. The lowest BCUT2D eigenvalue weighted by Gasteiger charge is -2.28. The molecule has 1 saturated carbocycles. The summed E-state index contributed by atoms with van der Waals surface area (Å²) in [6, 6.07) is 0.435. The normalized spacial score (nSPS) is 21.7. The van der Waals surface area contributed by atoms with E-state index in [0.29, 0.717) is 17.4 Å². The summed E-state index contributed by atoms with van der Waals surface area (Å²) in [5.41, 5.74) is 12.9. The maximum absolute atomic E-state index is 11.3. The number of amides is 1. The van der Waals surface area contributed by atoms with Gasteiger partial charge in [-0.25, -0.2) is 9.97 Å². The molecule has 0 unspecified atom stereocenters. The second kappa shape index (κ2) is 6.02. The SMILES string of the molecule is CC(C)Nc1ncc2nc(N)n([C@H]3CC[C@@H](C(N)=O)CC3)c2n1. The topological polar surface area (TPSA) is 125 Å². The van der Waals surface area contributed by atoms with E-state index in [1.54, 1.807) is 6.20 Å². The highest BCUT2D eigenvalue weighted by Crippen LogP contribution is 2.35. The second-order valence-corrected chi connectivity index (χ2v) is 6.45. The fraction of sp³-hybridized carbons (Fsp3) is 0.600. The predicted molar refractivity (Wildman–Crippen MR) is 88.7 cm³/mol. The molecule has 2 aromatic rings. The van der Waals surface area contributed by atoms with E-state index in [1.807, 2.05) is 18.4 Å². The number of anilines is 2. The number of nitrogens with zero attached hydrogens (tertiary/aromatic N) is 4. The Morgan fingerprint density at radius 2 is 2.00 bits per heavy atom. The molecule has 1 aliphatic carbocycles. The molecular formula is C15H23N7O. The summed E-state index contributed by atoms with van der Waals surface area (Å²) in [6.07, 6.45) is 4.94. The number of nitrogens with one attached hydrogen (secondary N) is 1. The highest BCUT2D eigenvalue weighted by Gasteiger charge is 2.28. The molecular weight excluding hydrogens is 294 g/mol. The van der Waals surface area contributed by atoms with Gasteiger partial charge >= 0.3 is 0 Å². The quantitative estimate of drug-likeness (QED) is 0.783. The van der Waals surface area contributed by atoms with Crippen LogP contribution < -0.4 is 16.8 Å². The number of imidazole rings is 1. The van der Waals surface area contributed by atoms with Crippen molar-refractivity contribution in [3.63, 3.8) is 0 Å². The summed E-state index contributed by atoms with van der Waals surface area (Å²) in [7, 11) is 0. The van der Waals surface area contributed by atoms with Crippen molar-refractivity contribution in [3.8, 4) is 0 Å². The summed E-state index contributed by atoms with van der Waals surface area (Å²) < 4.78 is 1.97. The van der Waals surface area contributed by atoms with Gasteiger partial charge in [0.25, 0.3) is 0 Å². The third-order valence-corrected chi connectivity index (χ3v) is 4.34. The minimum atomic E-state index is -0.211. The van der Waals surface area contributed by atoms with Crippen molar-refractivity contribution in [1.29, 1.82) is 0 Å². The van der Waals surface area contributed by atoms with E-state index in [0.717, 1.165) is 31.3 Å². The first-order valence-electron chi connectivity index (χ1n) is 8.02. The monoisotopic (exact) mass is 317 g/mol. The highest BCUT2D eigenvalue weighted by molar-refractivity contribution is 5.77. The molecule has 2 heterocycles. The predicted octanol–water partition coefficient (Wildman–Crippen LogP) is 1.45. The van der Waals surface area contributed by atoms with Crippen LogP contribution in [0.15, 0.2) is 6.20 Å². The van der Waals surface area contributed by atoms with Crippen molar-refractivity contribution >= 4 is 29.0 Å². The number of fused-ring (bicyclic) bond motifs is 1. The number of hydrogen-bond acceptors (Lipinski definition) is 6. The van der Waals surface area contributed by atoms with Crippen LogP contribution >= 0.6 is 0 Å². The molecule has 2 aromatic heterocycles. The minimum Gasteiger partial charge on any atom is -0.369 e. The van der Waals surface area contributed by atoms with E-state index in [4.69, 9.17) is 11.5 Å². The van der Waals surface area contributed by atoms with Crippen molar-refractivity contribution < 1.29 is 4.79 Å². The van der Waals surface area contributed by atoms with Gasteiger partial charge < -0.3 is 16.8 Å². The maximum Gasteiger partial charge on any atom is 0.224 e. The molecule has 3 rings (SSSR count). The summed E-state index contributed by atoms with van der Waals surface area (Å²) in [6.45, 7) is 4.06. The molecule has 0 aliphatic heterocycles. The Morgan fingerprint density at radius 1 is 1.30 bits per heavy atom. The number of nitrogens with two attached hydrogens (primary N) is 2. The van der Waals surface area contributed by atoms with Crippen molar-refractivity contribution in [2.75, 3.05) is 11.1 Å². The number of nitrogen functional groups attached to an aromatic ring is 1. The molecule has 1 aliphatic rings. The van der Waals surface area contributed by atoms with E-state index < -0.39 is 0 Å². The van der Waals surface area contributed by atoms with Crippen molar-refractivity contribution in [1.82, 2.24) is 19.5 Å². The van der Waals surface area contributed by atoms with Gasteiger partial charge in [-0.2, -0.15) is 4.98 Å². The van der Waals surface area contributed by atoms with Gasteiger partial charge in [0.2, 0.25) is 17.8 Å². The molecule has 0 saturated heterocycles. The summed E-state index contributed by atoms with van der Waals surface area (Å²) in [4.78, 5) is 24.5. The third-order valence-electron chi connectivity index (χ3n) is 4.34. The lowest BCUT2D eigenvalue weighted by Crippen LogP contribution is -2.28. The van der Waals surface area contributed by atoms with Crippen LogP contribution in [0.1, 0.15) is 45.6 Å². The fourth-order valence-corrected chi connectivity index (χ4v) is 3.21. The molecule has 5 N–H and O–H groups in total. The van der Waals surface area contributed by atoms with Crippen LogP contribution in [0.25, 0.3) is 11.2 Å². The van der Waals surface area contributed by atoms with Gasteiger partial charge in [0.15, 0.2) is 5.65 Å². The molecule has 0 spiro atoms. The van der Waals surface area contributed by atoms with Crippen LogP contribution in [0, 0.1) is 5.92 Å². The largest absolute Gasteiger partial charge is 0.369 e. The zero-order valence-corrected chi connectivity index (χ0v) is 13.5. The van der Waals surface area contributed by atoms with E-state index in [2.05, 4.69) is 20.3 Å². The summed E-state index contributed by atoms with van der Waals surface area (Å²) in [5.74, 6) is 0.769. The van der Waals surface area contributed by atoms with Gasteiger partial charge in [-0.15, -0.1) is 0 Å². The fourth-order valence-electron chi connectivity index (χ4n) is 3.21. The number of rotatable bonds is 4. The molecule has 1 amide bonds. The van der Waals surface area contributed by atoms with E-state index in [9.17, 15) is 4.79 Å². The van der Waals surface area contributed by atoms with Crippen LogP contribution in [0.4, 0.5) is 11.9 Å². The standard InChI is InChI=1S/C15H23N7O/c1-8(2)19-15-18-7-11-13(21-15)22(14(17)20-11)10-5-3-9(4-6-10)12(16)23/h7-10H,3-6H2,1-2H3,(H2,16,23)(H2,17,20)(H,18,19,21)/t9-,10+. The van der Waals surface area contributed by atoms with Gasteiger partial charge in [-0.1, -0.05) is 0 Å². The van der Waals surface area contributed by atoms with Gasteiger partial charge in [-0.05, 0) is 39.5 Å². The lowest BCUT2D eigenvalue weighted by atomic mass is 9.85. The minimum absolute atomic E-state index is 0.0324. The van der Waals surface area contributed by atoms with Crippen molar-refractivity contribution in [2.24, 2.45) is 11.7 Å². The van der Waals surface area contributed by atoms with Crippen molar-refractivity contribution in [2.45, 2.75) is 51.6 Å². The Bertz CT molecular complexity index is 716. The van der Waals surface area contributed by atoms with E-state index in [1.165, 1.54) is 0 Å². The number of carbonyl (C=O) groups is 1. The van der Waals surface area contributed by atoms with Crippen LogP contribution in [-0.2, 0) is 4.79 Å². The molecule has 0 radical (unpaired) electrons. The molecule has 8 heteroatoms. The zero-order chi connectivity index (χ0) is 16.6. The Labute approximate surface area is 134 Å². The Morgan fingerprint density at radius 3 is 2.61 bits per heavy atom. The highest BCUT2D eigenvalue weighted by atomic mass is 16.1. The molecule has 1 fully saturated rings. The zero-order valence-electron chi connectivity index (χ0n) is 13.5.